The van der Waals surface area contributed by atoms with Crippen molar-refractivity contribution in [1.29, 1.82) is 0 Å². The summed E-state index contributed by atoms with van der Waals surface area (Å²) in [6, 6.07) is 4.27. The monoisotopic (exact) mass is 288 g/mol. The highest BCUT2D eigenvalue weighted by atomic mass is 16.5. The number of amides is 3. The van der Waals surface area contributed by atoms with Crippen LogP contribution in [-0.2, 0) is 0 Å². The topological polar surface area (TPSA) is 105 Å². The summed E-state index contributed by atoms with van der Waals surface area (Å²) in [5.74, 6) is -0.675. The summed E-state index contributed by atoms with van der Waals surface area (Å²) in [4.78, 5) is 34.1. The minimum Gasteiger partial charge on any atom is -0.487 e. The number of carbonyl (C=O) groups is 3. The van der Waals surface area contributed by atoms with E-state index in [9.17, 15) is 14.4 Å². The minimum absolute atomic E-state index is 0.198. The van der Waals surface area contributed by atoms with Gasteiger partial charge in [0.05, 0.1) is 17.2 Å². The number of rotatable bonds is 3. The molecule has 0 unspecified atom stereocenters. The average molecular weight is 288 g/mol. The minimum atomic E-state index is -1.15. The lowest BCUT2D eigenvalue weighted by atomic mass is 10.1. The quantitative estimate of drug-likeness (QED) is 0.566. The zero-order chi connectivity index (χ0) is 15.0. The largest absolute Gasteiger partial charge is 0.487 e. The van der Waals surface area contributed by atoms with Gasteiger partial charge in [-0.05, 0) is 12.1 Å². The van der Waals surface area contributed by atoms with Crippen molar-refractivity contribution in [2.24, 2.45) is 0 Å². The summed E-state index contributed by atoms with van der Waals surface area (Å²) < 4.78 is 5.75. The van der Waals surface area contributed by atoms with E-state index in [2.05, 4.69) is 10.6 Å². The Labute approximate surface area is 119 Å². The molecular weight excluding hydrogens is 276 g/mol. The SMILES string of the molecule is O=C(O)N[C@H]1C=CC[C@H]1Oc1cccc2c1C(=O)NC2=O. The Hall–Kier alpha value is -2.83. The Morgan fingerprint density at radius 3 is 2.90 bits per heavy atom. The molecule has 1 aromatic rings. The standard InChI is InChI=1S/C14H12N2O5/c17-12-7-3-1-6-10(11(7)13(18)16-12)21-9-5-2-4-8(9)15-14(19)20/h1-4,6,8-9,15H,5H2,(H,19,20)(H,16,17,18)/t8-,9+/m0/s1. The molecule has 0 saturated heterocycles. The number of carboxylic acid groups (broad SMARTS) is 1. The number of carbonyl (C=O) groups excluding carboxylic acids is 2. The molecule has 0 spiro atoms. The Kier molecular flexibility index (Phi) is 3.09. The van der Waals surface area contributed by atoms with E-state index in [1.165, 1.54) is 0 Å². The highest BCUT2D eigenvalue weighted by Gasteiger charge is 2.33. The molecule has 0 saturated carbocycles. The van der Waals surface area contributed by atoms with Gasteiger partial charge in [0.1, 0.15) is 11.9 Å². The zero-order valence-corrected chi connectivity index (χ0v) is 10.8. The predicted octanol–water partition coefficient (Wildman–Crippen LogP) is 0.914. The Bertz CT molecular complexity index is 667. The molecule has 108 valence electrons. The maximum atomic E-state index is 11.8. The first-order chi connectivity index (χ1) is 10.1. The number of hydrogen-bond acceptors (Lipinski definition) is 4. The molecule has 0 aromatic heterocycles. The smallest absolute Gasteiger partial charge is 0.405 e. The summed E-state index contributed by atoms with van der Waals surface area (Å²) in [5.41, 5.74) is 0.467. The van der Waals surface area contributed by atoms with Crippen molar-refractivity contribution in [2.45, 2.75) is 18.6 Å². The van der Waals surface area contributed by atoms with Gasteiger partial charge >= 0.3 is 6.09 Å². The van der Waals surface area contributed by atoms with Gasteiger partial charge in [-0.1, -0.05) is 18.2 Å². The molecule has 2 aliphatic rings. The first-order valence-corrected chi connectivity index (χ1v) is 6.37. The fourth-order valence-electron chi connectivity index (χ4n) is 2.48. The lowest BCUT2D eigenvalue weighted by Gasteiger charge is -2.21. The second kappa shape index (κ2) is 4.93. The predicted molar refractivity (Wildman–Crippen MR) is 71.4 cm³/mol. The summed E-state index contributed by atoms with van der Waals surface area (Å²) in [6.07, 6.45) is 2.43. The van der Waals surface area contributed by atoms with Crippen LogP contribution in [0.5, 0.6) is 5.75 Å². The van der Waals surface area contributed by atoms with E-state index in [4.69, 9.17) is 9.84 Å². The van der Waals surface area contributed by atoms with Crippen LogP contribution >= 0.6 is 0 Å². The van der Waals surface area contributed by atoms with Gasteiger partial charge in [-0.15, -0.1) is 0 Å². The number of imide groups is 1. The molecule has 1 aliphatic carbocycles. The Morgan fingerprint density at radius 1 is 1.33 bits per heavy atom. The normalized spacial score (nSPS) is 22.9. The van der Waals surface area contributed by atoms with Gasteiger partial charge in [0, 0.05) is 6.42 Å². The van der Waals surface area contributed by atoms with Gasteiger partial charge in [-0.3, -0.25) is 14.9 Å². The van der Waals surface area contributed by atoms with Gasteiger partial charge in [0.25, 0.3) is 11.8 Å². The fraction of sp³-hybridized carbons (Fsp3) is 0.214. The number of hydrogen-bond donors (Lipinski definition) is 3. The van der Waals surface area contributed by atoms with Crippen LogP contribution in [0.1, 0.15) is 27.1 Å². The van der Waals surface area contributed by atoms with Gasteiger partial charge in [-0.2, -0.15) is 0 Å². The van der Waals surface area contributed by atoms with Crippen molar-refractivity contribution < 1.29 is 24.2 Å². The summed E-state index contributed by atoms with van der Waals surface area (Å²) in [7, 11) is 0. The van der Waals surface area contributed by atoms with E-state index >= 15 is 0 Å². The van der Waals surface area contributed by atoms with Crippen LogP contribution in [-0.4, -0.2) is 35.2 Å². The van der Waals surface area contributed by atoms with Crippen LogP contribution in [0.2, 0.25) is 0 Å². The van der Waals surface area contributed by atoms with Crippen LogP contribution < -0.4 is 15.4 Å². The molecular formula is C14H12N2O5. The molecule has 0 radical (unpaired) electrons. The van der Waals surface area contributed by atoms with Crippen LogP contribution in [0, 0.1) is 0 Å². The summed E-state index contributed by atoms with van der Waals surface area (Å²) >= 11 is 0. The lowest BCUT2D eigenvalue weighted by molar-refractivity contribution is 0.0877. The number of nitrogens with one attached hydrogen (secondary N) is 2. The molecule has 0 fully saturated rings. The maximum absolute atomic E-state index is 11.8. The Balaban J connectivity index is 1.85. The third-order valence-corrected chi connectivity index (χ3v) is 3.41. The molecule has 1 aliphatic heterocycles. The maximum Gasteiger partial charge on any atom is 0.405 e. The highest BCUT2D eigenvalue weighted by Crippen LogP contribution is 2.29. The molecule has 2 atom stereocenters. The Morgan fingerprint density at radius 2 is 2.14 bits per heavy atom. The van der Waals surface area contributed by atoms with Crippen LogP contribution in [0.4, 0.5) is 4.79 Å². The van der Waals surface area contributed by atoms with Crippen LogP contribution in [0.25, 0.3) is 0 Å². The van der Waals surface area contributed by atoms with E-state index in [1.54, 1.807) is 30.4 Å². The third kappa shape index (κ3) is 2.33. The second-order valence-corrected chi connectivity index (χ2v) is 4.76. The molecule has 0 bridgehead atoms. The van der Waals surface area contributed by atoms with Crippen LogP contribution in [0.15, 0.2) is 30.4 Å². The zero-order valence-electron chi connectivity index (χ0n) is 10.8. The summed E-state index contributed by atoms with van der Waals surface area (Å²) in [5, 5.41) is 13.3. The van der Waals surface area contributed by atoms with E-state index in [0.29, 0.717) is 6.42 Å². The van der Waals surface area contributed by atoms with Gasteiger partial charge in [0.15, 0.2) is 0 Å². The summed E-state index contributed by atoms with van der Waals surface area (Å²) in [6.45, 7) is 0. The molecule has 3 N–H and O–H groups in total. The highest BCUT2D eigenvalue weighted by molar-refractivity contribution is 6.22. The van der Waals surface area contributed by atoms with Crippen molar-refractivity contribution in [1.82, 2.24) is 10.6 Å². The van der Waals surface area contributed by atoms with Crippen molar-refractivity contribution in [3.8, 4) is 5.75 Å². The fourth-order valence-corrected chi connectivity index (χ4v) is 2.48. The first kappa shape index (κ1) is 13.2. The number of fused-ring (bicyclic) bond motifs is 1. The van der Waals surface area contributed by atoms with E-state index < -0.39 is 30.1 Å². The third-order valence-electron chi connectivity index (χ3n) is 3.41. The van der Waals surface area contributed by atoms with Gasteiger partial charge < -0.3 is 15.2 Å². The number of ether oxygens (including phenoxy) is 1. The molecule has 7 heteroatoms. The van der Waals surface area contributed by atoms with Crippen LogP contribution in [0.3, 0.4) is 0 Å². The molecule has 1 heterocycles. The van der Waals surface area contributed by atoms with Crippen molar-refractivity contribution in [2.75, 3.05) is 0 Å². The number of benzene rings is 1. The van der Waals surface area contributed by atoms with Gasteiger partial charge in [0.2, 0.25) is 0 Å². The van der Waals surface area contributed by atoms with Gasteiger partial charge in [-0.25, -0.2) is 4.79 Å². The van der Waals surface area contributed by atoms with E-state index in [0.717, 1.165) is 0 Å². The average Bonchev–Trinajstić information content (AvgIpc) is 2.96. The lowest BCUT2D eigenvalue weighted by Crippen LogP contribution is -2.41. The molecule has 1 aromatic carbocycles. The van der Waals surface area contributed by atoms with Crippen molar-refractivity contribution in [3.63, 3.8) is 0 Å². The molecule has 21 heavy (non-hydrogen) atoms. The molecule has 3 rings (SSSR count). The van der Waals surface area contributed by atoms with Crippen molar-refractivity contribution >= 4 is 17.9 Å². The first-order valence-electron chi connectivity index (χ1n) is 6.37. The molecule has 3 amide bonds. The second-order valence-electron chi connectivity index (χ2n) is 4.76. The van der Waals surface area contributed by atoms with Crippen molar-refractivity contribution in [3.05, 3.63) is 41.5 Å². The van der Waals surface area contributed by atoms with E-state index in [1.807, 2.05) is 0 Å². The van der Waals surface area contributed by atoms with E-state index in [-0.39, 0.29) is 16.9 Å². The molecule has 7 nitrogen and oxygen atoms in total.